The molecule has 0 spiro atoms. The van der Waals surface area contributed by atoms with Crippen LogP contribution in [0.5, 0.6) is 5.75 Å². The molecule has 5 rings (SSSR count). The van der Waals surface area contributed by atoms with E-state index >= 15 is 0 Å². The Bertz CT molecular complexity index is 960. The van der Waals surface area contributed by atoms with Crippen LogP contribution < -0.4 is 4.74 Å². The largest absolute Gasteiger partial charge is 0.497 e. The van der Waals surface area contributed by atoms with E-state index in [1.54, 1.807) is 18.4 Å². The Morgan fingerprint density at radius 3 is 2.87 bits per heavy atom. The van der Waals surface area contributed by atoms with Crippen LogP contribution in [0.1, 0.15) is 69.7 Å². The van der Waals surface area contributed by atoms with Crippen molar-refractivity contribution in [1.29, 1.82) is 0 Å². The lowest BCUT2D eigenvalue weighted by molar-refractivity contribution is 0.0256. The van der Waals surface area contributed by atoms with Crippen molar-refractivity contribution < 1.29 is 9.47 Å². The smallest absolute Gasteiger partial charge is 0.120 e. The van der Waals surface area contributed by atoms with Crippen LogP contribution in [-0.2, 0) is 11.2 Å². The topological polar surface area (TPSA) is 26.6 Å². The third kappa shape index (κ3) is 3.03. The number of aromatic nitrogens is 1. The number of rotatable bonds is 8. The number of hydrogen-bond donors (Lipinski definition) is 0. The molecule has 1 saturated heterocycles. The number of hydrogen-bond acceptors (Lipinski definition) is 3. The van der Waals surface area contributed by atoms with Crippen LogP contribution in [0, 0.1) is 5.41 Å². The van der Waals surface area contributed by atoms with Crippen molar-refractivity contribution in [2.75, 3.05) is 33.4 Å². The summed E-state index contributed by atoms with van der Waals surface area (Å²) in [6.45, 7) is 8.59. The maximum atomic E-state index is 6.23. The third-order valence-corrected chi connectivity index (χ3v) is 7.77. The first-order valence-corrected chi connectivity index (χ1v) is 12.0. The van der Waals surface area contributed by atoms with Crippen molar-refractivity contribution in [1.82, 2.24) is 9.47 Å². The van der Waals surface area contributed by atoms with Gasteiger partial charge in [0.25, 0.3) is 0 Å². The summed E-state index contributed by atoms with van der Waals surface area (Å²) in [5.74, 6) is 0.935. The van der Waals surface area contributed by atoms with E-state index in [0.717, 1.165) is 25.2 Å². The molecule has 0 bridgehead atoms. The van der Waals surface area contributed by atoms with Gasteiger partial charge in [-0.25, -0.2) is 0 Å². The molecule has 3 aliphatic heterocycles. The molecule has 1 aromatic heterocycles. The van der Waals surface area contributed by atoms with E-state index in [-0.39, 0.29) is 5.41 Å². The normalized spacial score (nSPS) is 25.3. The highest BCUT2D eigenvalue weighted by Gasteiger charge is 2.50. The highest BCUT2D eigenvalue weighted by molar-refractivity contribution is 5.91. The molecule has 162 valence electrons. The van der Waals surface area contributed by atoms with Crippen molar-refractivity contribution in [3.8, 4) is 5.75 Å². The summed E-state index contributed by atoms with van der Waals surface area (Å²) in [7, 11) is 1.76. The van der Waals surface area contributed by atoms with E-state index in [9.17, 15) is 0 Å². The molecule has 0 aliphatic carbocycles. The van der Waals surface area contributed by atoms with E-state index in [4.69, 9.17) is 9.47 Å². The molecule has 2 aromatic rings. The first kappa shape index (κ1) is 20.1. The maximum Gasteiger partial charge on any atom is 0.120 e. The summed E-state index contributed by atoms with van der Waals surface area (Å²) in [5, 5.41) is 1.40. The minimum atomic E-state index is 0.240. The average molecular weight is 409 g/mol. The standard InChI is InChI=1S/C26H36N2O2/c1-4-6-7-15-30-18-19-17-26(5-2)12-8-13-27-14-11-22-21-10-9-20(29-3)16-23(21)28(19)24(22)25(26)27/h9-10,16-17,25H,4-8,11-15,18H2,1-3H3/t25-,26+/m1/s1. The molecule has 0 saturated carbocycles. The van der Waals surface area contributed by atoms with Gasteiger partial charge in [0.2, 0.25) is 0 Å². The molecule has 1 aromatic carbocycles. The summed E-state index contributed by atoms with van der Waals surface area (Å²) in [6, 6.07) is 7.13. The fourth-order valence-corrected chi connectivity index (χ4v) is 6.28. The fraction of sp³-hybridized carbons (Fsp3) is 0.615. The van der Waals surface area contributed by atoms with Crippen LogP contribution in [-0.4, -0.2) is 42.9 Å². The summed E-state index contributed by atoms with van der Waals surface area (Å²) in [4.78, 5) is 2.76. The summed E-state index contributed by atoms with van der Waals surface area (Å²) < 4.78 is 14.4. The molecule has 0 N–H and O–H groups in total. The summed E-state index contributed by atoms with van der Waals surface area (Å²) in [5.41, 5.74) is 5.97. The van der Waals surface area contributed by atoms with Gasteiger partial charge in [-0.15, -0.1) is 0 Å². The second-order valence-corrected chi connectivity index (χ2v) is 9.36. The number of ether oxygens (including phenoxy) is 2. The molecular formula is C26H36N2O2. The molecule has 30 heavy (non-hydrogen) atoms. The SMILES string of the molecule is CCCCCOCC1=C[C@]2(CC)CCCN3CCc4c(n1c1cc(OC)ccc41)[C@@H]32. The zero-order valence-electron chi connectivity index (χ0n) is 18.9. The van der Waals surface area contributed by atoms with Crippen LogP contribution in [0.4, 0.5) is 0 Å². The van der Waals surface area contributed by atoms with Gasteiger partial charge in [-0.05, 0) is 56.3 Å². The molecular weight excluding hydrogens is 372 g/mol. The second kappa shape index (κ2) is 8.05. The summed E-state index contributed by atoms with van der Waals surface area (Å²) >= 11 is 0. The van der Waals surface area contributed by atoms with Crippen molar-refractivity contribution >= 4 is 16.6 Å². The predicted octanol–water partition coefficient (Wildman–Crippen LogP) is 5.80. The van der Waals surface area contributed by atoms with Crippen LogP contribution in [0.25, 0.3) is 16.6 Å². The first-order valence-electron chi connectivity index (χ1n) is 12.0. The van der Waals surface area contributed by atoms with E-state index < -0.39 is 0 Å². The molecule has 0 unspecified atom stereocenters. The van der Waals surface area contributed by atoms with Crippen molar-refractivity contribution in [3.63, 3.8) is 0 Å². The van der Waals surface area contributed by atoms with Gasteiger partial charge in [-0.1, -0.05) is 32.8 Å². The molecule has 2 atom stereocenters. The Morgan fingerprint density at radius 1 is 1.17 bits per heavy atom. The summed E-state index contributed by atoms with van der Waals surface area (Å²) in [6.07, 6.45) is 11.2. The monoisotopic (exact) mass is 408 g/mol. The van der Waals surface area contributed by atoms with Crippen molar-refractivity contribution in [2.45, 2.75) is 64.8 Å². The number of nitrogens with zero attached hydrogens (tertiary/aromatic N) is 2. The molecule has 4 heterocycles. The molecule has 0 amide bonds. The number of fused-ring (bicyclic) bond motifs is 3. The molecule has 0 radical (unpaired) electrons. The van der Waals surface area contributed by atoms with E-state index in [1.165, 1.54) is 61.8 Å². The first-order chi connectivity index (χ1) is 14.7. The Balaban J connectivity index is 1.64. The average Bonchev–Trinajstić information content (AvgIpc) is 3.12. The Morgan fingerprint density at radius 2 is 2.07 bits per heavy atom. The van der Waals surface area contributed by atoms with E-state index in [0.29, 0.717) is 12.6 Å². The number of piperidine rings is 1. The van der Waals surface area contributed by atoms with Crippen LogP contribution >= 0.6 is 0 Å². The highest BCUT2D eigenvalue weighted by Crippen LogP contribution is 2.57. The molecule has 4 heteroatoms. The van der Waals surface area contributed by atoms with Gasteiger partial charge >= 0.3 is 0 Å². The molecule has 1 fully saturated rings. The van der Waals surface area contributed by atoms with Crippen LogP contribution in [0.2, 0.25) is 0 Å². The maximum absolute atomic E-state index is 6.23. The molecule has 4 nitrogen and oxygen atoms in total. The Hall–Kier alpha value is -1.78. The van der Waals surface area contributed by atoms with Crippen molar-refractivity contribution in [2.24, 2.45) is 5.41 Å². The van der Waals surface area contributed by atoms with Gasteiger partial charge in [-0.2, -0.15) is 0 Å². The third-order valence-electron chi connectivity index (χ3n) is 7.77. The van der Waals surface area contributed by atoms with Gasteiger partial charge in [0, 0.05) is 41.4 Å². The lowest BCUT2D eigenvalue weighted by Crippen LogP contribution is -2.50. The quantitative estimate of drug-likeness (QED) is 0.516. The fourth-order valence-electron chi connectivity index (χ4n) is 6.28. The number of methoxy groups -OCH3 is 1. The minimum absolute atomic E-state index is 0.240. The minimum Gasteiger partial charge on any atom is -0.497 e. The van der Waals surface area contributed by atoms with Crippen LogP contribution in [0.15, 0.2) is 24.3 Å². The Kier molecular flexibility index (Phi) is 5.40. The zero-order chi connectivity index (χ0) is 20.7. The molecule has 3 aliphatic rings. The van der Waals surface area contributed by atoms with Gasteiger partial charge in [0.15, 0.2) is 0 Å². The van der Waals surface area contributed by atoms with Crippen LogP contribution in [0.3, 0.4) is 0 Å². The lowest BCUT2D eigenvalue weighted by atomic mass is 9.66. The predicted molar refractivity (Wildman–Crippen MR) is 123 cm³/mol. The van der Waals surface area contributed by atoms with Gasteiger partial charge in [0.1, 0.15) is 5.75 Å². The van der Waals surface area contributed by atoms with E-state index in [1.807, 2.05) is 0 Å². The zero-order valence-corrected chi connectivity index (χ0v) is 18.9. The number of unbranched alkanes of at least 4 members (excludes halogenated alkanes) is 2. The lowest BCUT2D eigenvalue weighted by Gasteiger charge is -2.53. The number of benzene rings is 1. The van der Waals surface area contributed by atoms with E-state index in [2.05, 4.69) is 47.6 Å². The highest BCUT2D eigenvalue weighted by atomic mass is 16.5. The Labute approximate surface area is 180 Å². The van der Waals surface area contributed by atoms with Crippen molar-refractivity contribution in [3.05, 3.63) is 35.5 Å². The van der Waals surface area contributed by atoms with Gasteiger partial charge in [-0.3, -0.25) is 4.90 Å². The van der Waals surface area contributed by atoms with Gasteiger partial charge < -0.3 is 14.0 Å². The second-order valence-electron chi connectivity index (χ2n) is 9.36. The van der Waals surface area contributed by atoms with Gasteiger partial charge in [0.05, 0.1) is 25.3 Å².